The highest BCUT2D eigenvalue weighted by Crippen LogP contribution is 2.30. The molecule has 1 N–H and O–H groups in total. The zero-order valence-corrected chi connectivity index (χ0v) is 10.5. The molecule has 7 heteroatoms. The van der Waals surface area contributed by atoms with E-state index in [9.17, 15) is 0 Å². The Kier molecular flexibility index (Phi) is 2.81. The van der Waals surface area contributed by atoms with Crippen molar-refractivity contribution in [3.63, 3.8) is 0 Å². The Labute approximate surface area is 106 Å². The van der Waals surface area contributed by atoms with E-state index in [1.807, 2.05) is 4.57 Å². The number of imidazole rings is 1. The monoisotopic (exact) mass is 298 g/mol. The van der Waals surface area contributed by atoms with E-state index in [4.69, 9.17) is 9.84 Å². The largest absolute Gasteiger partial charge is 0.394 e. The minimum absolute atomic E-state index is 0.0573. The van der Waals surface area contributed by atoms with Crippen LogP contribution in [-0.2, 0) is 4.74 Å². The van der Waals surface area contributed by atoms with Gasteiger partial charge in [-0.15, -0.1) is 0 Å². The van der Waals surface area contributed by atoms with Crippen molar-refractivity contribution < 1.29 is 9.84 Å². The average Bonchev–Trinajstić information content (AvgIpc) is 2.94. The minimum atomic E-state index is -0.0982. The predicted octanol–water partition coefficient (Wildman–Crippen LogP) is 1.26. The van der Waals surface area contributed by atoms with E-state index in [0.717, 1.165) is 24.0 Å². The second-order valence-corrected chi connectivity index (χ2v) is 4.71. The van der Waals surface area contributed by atoms with E-state index in [-0.39, 0.29) is 18.9 Å². The third kappa shape index (κ3) is 1.84. The fourth-order valence-corrected chi connectivity index (χ4v) is 2.43. The van der Waals surface area contributed by atoms with Gasteiger partial charge >= 0.3 is 0 Å². The number of aliphatic hydroxyl groups excluding tert-OH is 1. The molecular formula is C10H11BrN4O2. The molecule has 1 saturated heterocycles. The number of rotatable bonds is 2. The minimum Gasteiger partial charge on any atom is -0.394 e. The van der Waals surface area contributed by atoms with Crippen LogP contribution in [0.3, 0.4) is 0 Å². The maximum atomic E-state index is 9.06. The first-order valence-corrected chi connectivity index (χ1v) is 6.18. The Balaban J connectivity index is 1.99. The molecule has 0 spiro atoms. The fraction of sp³-hybridized carbons (Fsp3) is 0.500. The van der Waals surface area contributed by atoms with Gasteiger partial charge < -0.3 is 9.84 Å². The van der Waals surface area contributed by atoms with Crippen molar-refractivity contribution in [2.75, 3.05) is 6.61 Å². The molecule has 0 saturated carbocycles. The summed E-state index contributed by atoms with van der Waals surface area (Å²) < 4.78 is 8.27. The smallest absolute Gasteiger partial charge is 0.166 e. The van der Waals surface area contributed by atoms with E-state index >= 15 is 0 Å². The van der Waals surface area contributed by atoms with Gasteiger partial charge in [0.15, 0.2) is 5.65 Å². The maximum Gasteiger partial charge on any atom is 0.166 e. The molecule has 1 aliphatic heterocycles. The van der Waals surface area contributed by atoms with Crippen LogP contribution in [0.2, 0.25) is 0 Å². The van der Waals surface area contributed by atoms with E-state index < -0.39 is 0 Å². The molecule has 0 radical (unpaired) electrons. The van der Waals surface area contributed by atoms with E-state index in [1.54, 1.807) is 6.33 Å². The quantitative estimate of drug-likeness (QED) is 0.845. The molecule has 6 nitrogen and oxygen atoms in total. The number of nitrogens with zero attached hydrogens (tertiary/aromatic N) is 4. The summed E-state index contributed by atoms with van der Waals surface area (Å²) in [4.78, 5) is 12.5. The van der Waals surface area contributed by atoms with Gasteiger partial charge in [-0.2, -0.15) is 0 Å². The predicted molar refractivity (Wildman–Crippen MR) is 63.3 cm³/mol. The van der Waals surface area contributed by atoms with Crippen molar-refractivity contribution in [3.05, 3.63) is 17.3 Å². The molecule has 90 valence electrons. The van der Waals surface area contributed by atoms with Gasteiger partial charge in [-0.05, 0) is 28.8 Å². The second-order valence-electron chi connectivity index (χ2n) is 3.96. The van der Waals surface area contributed by atoms with Crippen LogP contribution in [0.5, 0.6) is 0 Å². The van der Waals surface area contributed by atoms with E-state index in [2.05, 4.69) is 30.9 Å². The molecule has 2 atom stereocenters. The van der Waals surface area contributed by atoms with Crippen molar-refractivity contribution in [1.29, 1.82) is 0 Å². The Morgan fingerprint density at radius 1 is 1.41 bits per heavy atom. The van der Waals surface area contributed by atoms with Crippen LogP contribution in [0.15, 0.2) is 17.3 Å². The van der Waals surface area contributed by atoms with Gasteiger partial charge in [0.25, 0.3) is 0 Å². The fourth-order valence-electron chi connectivity index (χ4n) is 2.06. The zero-order chi connectivity index (χ0) is 11.8. The van der Waals surface area contributed by atoms with Crippen LogP contribution in [-0.4, -0.2) is 37.3 Å². The van der Waals surface area contributed by atoms with Gasteiger partial charge in [-0.1, -0.05) is 0 Å². The first kappa shape index (κ1) is 11.1. The Hall–Kier alpha value is -1.05. The van der Waals surface area contributed by atoms with Gasteiger partial charge in [-0.3, -0.25) is 4.57 Å². The number of ether oxygens (including phenoxy) is 1. The van der Waals surface area contributed by atoms with Gasteiger partial charge in [-0.25, -0.2) is 15.0 Å². The van der Waals surface area contributed by atoms with Gasteiger partial charge in [0.2, 0.25) is 0 Å². The van der Waals surface area contributed by atoms with Crippen molar-refractivity contribution in [2.45, 2.75) is 25.2 Å². The molecule has 2 aromatic heterocycles. The van der Waals surface area contributed by atoms with Crippen LogP contribution in [0, 0.1) is 0 Å². The zero-order valence-electron chi connectivity index (χ0n) is 8.95. The topological polar surface area (TPSA) is 73.1 Å². The summed E-state index contributed by atoms with van der Waals surface area (Å²) in [5.41, 5.74) is 1.47. The number of fused-ring (bicyclic) bond motifs is 1. The molecule has 0 aromatic carbocycles. The number of aromatic nitrogens is 4. The molecule has 0 bridgehead atoms. The third-order valence-corrected chi connectivity index (χ3v) is 3.49. The Morgan fingerprint density at radius 3 is 3.06 bits per heavy atom. The summed E-state index contributed by atoms with van der Waals surface area (Å²) in [6, 6.07) is 0. The lowest BCUT2D eigenvalue weighted by molar-refractivity contribution is -0.0207. The molecule has 0 unspecified atom stereocenters. The lowest BCUT2D eigenvalue weighted by atomic mass is 10.2. The van der Waals surface area contributed by atoms with Crippen LogP contribution >= 0.6 is 15.9 Å². The van der Waals surface area contributed by atoms with Crippen molar-refractivity contribution >= 4 is 27.1 Å². The summed E-state index contributed by atoms with van der Waals surface area (Å²) in [5.74, 6) is 0. The van der Waals surface area contributed by atoms with Crippen molar-refractivity contribution in [1.82, 2.24) is 19.5 Å². The molecule has 3 rings (SSSR count). The van der Waals surface area contributed by atoms with Crippen LogP contribution < -0.4 is 0 Å². The lowest BCUT2D eigenvalue weighted by Gasteiger charge is -2.13. The van der Waals surface area contributed by atoms with Crippen molar-refractivity contribution in [3.8, 4) is 0 Å². The first-order valence-electron chi connectivity index (χ1n) is 5.39. The second kappa shape index (κ2) is 4.32. The van der Waals surface area contributed by atoms with Gasteiger partial charge in [0.1, 0.15) is 22.7 Å². The SMILES string of the molecule is OC[C@@H]1CC[C@H](n2cnc3c(Br)ncnc32)O1. The lowest BCUT2D eigenvalue weighted by Crippen LogP contribution is -2.14. The van der Waals surface area contributed by atoms with Gasteiger partial charge in [0.05, 0.1) is 19.0 Å². The number of aliphatic hydroxyl groups is 1. The summed E-state index contributed by atoms with van der Waals surface area (Å²) in [6.45, 7) is 0.0573. The van der Waals surface area contributed by atoms with Crippen LogP contribution in [0.25, 0.3) is 11.2 Å². The van der Waals surface area contributed by atoms with Gasteiger partial charge in [0, 0.05) is 0 Å². The van der Waals surface area contributed by atoms with Crippen LogP contribution in [0.4, 0.5) is 0 Å². The Morgan fingerprint density at radius 2 is 2.29 bits per heavy atom. The summed E-state index contributed by atoms with van der Waals surface area (Å²) >= 11 is 3.34. The molecule has 1 aliphatic rings. The Bertz CT molecular complexity index is 544. The highest BCUT2D eigenvalue weighted by Gasteiger charge is 2.27. The van der Waals surface area contributed by atoms with E-state index in [1.165, 1.54) is 6.33 Å². The van der Waals surface area contributed by atoms with Crippen molar-refractivity contribution in [2.24, 2.45) is 0 Å². The molecule has 0 aliphatic carbocycles. The number of halogens is 1. The van der Waals surface area contributed by atoms with Crippen LogP contribution in [0.1, 0.15) is 19.1 Å². The summed E-state index contributed by atoms with van der Waals surface area (Å²) in [6.07, 6.45) is 4.73. The molecule has 2 aromatic rings. The normalized spacial score (nSPS) is 24.6. The first-order chi connectivity index (χ1) is 8.29. The standard InChI is InChI=1S/C10H11BrN4O2/c11-9-8-10(13-4-12-9)15(5-14-8)7-2-1-6(3-16)17-7/h4-7,16H,1-3H2/t6-,7+/m0/s1. The average molecular weight is 299 g/mol. The highest BCUT2D eigenvalue weighted by molar-refractivity contribution is 9.10. The molecule has 17 heavy (non-hydrogen) atoms. The number of hydrogen-bond acceptors (Lipinski definition) is 5. The van der Waals surface area contributed by atoms with E-state index in [0.29, 0.717) is 4.60 Å². The molecule has 1 fully saturated rings. The highest BCUT2D eigenvalue weighted by atomic mass is 79.9. The molecule has 0 amide bonds. The maximum absolute atomic E-state index is 9.06. The molecule has 3 heterocycles. The summed E-state index contributed by atoms with van der Waals surface area (Å²) in [7, 11) is 0. The number of hydrogen-bond donors (Lipinski definition) is 1. The molecular weight excluding hydrogens is 288 g/mol. The third-order valence-electron chi connectivity index (χ3n) is 2.91. The summed E-state index contributed by atoms with van der Waals surface area (Å²) in [5, 5.41) is 9.06.